The summed E-state index contributed by atoms with van der Waals surface area (Å²) in [5.41, 5.74) is 2.86. The van der Waals surface area contributed by atoms with Gasteiger partial charge in [-0.2, -0.15) is 4.31 Å². The highest BCUT2D eigenvalue weighted by molar-refractivity contribution is 7.88. The van der Waals surface area contributed by atoms with E-state index in [0.29, 0.717) is 11.3 Å². The molecule has 7 nitrogen and oxygen atoms in total. The van der Waals surface area contributed by atoms with Crippen LogP contribution in [0, 0.1) is 12.7 Å². The van der Waals surface area contributed by atoms with Crippen LogP contribution in [-0.4, -0.2) is 42.4 Å². The van der Waals surface area contributed by atoms with Crippen molar-refractivity contribution in [3.8, 4) is 0 Å². The van der Waals surface area contributed by atoms with Gasteiger partial charge in [-0.3, -0.25) is 4.98 Å². The molecule has 1 saturated heterocycles. The molecule has 3 aromatic rings. The van der Waals surface area contributed by atoms with E-state index in [1.807, 2.05) is 31.2 Å². The molecule has 0 amide bonds. The number of ether oxygens (including phenoxy) is 1. The van der Waals surface area contributed by atoms with Crippen molar-refractivity contribution in [2.45, 2.75) is 18.8 Å². The van der Waals surface area contributed by atoms with E-state index in [4.69, 9.17) is 4.74 Å². The second-order valence-electron chi connectivity index (χ2n) is 7.37. The molecule has 9 heteroatoms. The van der Waals surface area contributed by atoms with E-state index in [1.165, 1.54) is 22.5 Å². The number of sulfonamides is 1. The molecule has 1 N–H and O–H groups in total. The average molecular weight is 443 g/mol. The third-order valence-electron chi connectivity index (χ3n) is 5.05. The molecule has 162 valence electrons. The molecule has 1 unspecified atom stereocenters. The maximum atomic E-state index is 13.4. The molecular weight excluding hydrogens is 419 g/mol. The van der Waals surface area contributed by atoms with Crippen LogP contribution in [0.4, 0.5) is 15.9 Å². The Hall–Kier alpha value is -2.88. The molecule has 1 aliphatic rings. The summed E-state index contributed by atoms with van der Waals surface area (Å²) in [6.07, 6.45) is 2.92. The van der Waals surface area contributed by atoms with Gasteiger partial charge in [-0.15, -0.1) is 0 Å². The first-order valence-electron chi connectivity index (χ1n) is 9.89. The Labute approximate surface area is 181 Å². The van der Waals surface area contributed by atoms with E-state index in [9.17, 15) is 12.8 Å². The number of aryl methyl sites for hydroxylation is 1. The van der Waals surface area contributed by atoms with E-state index >= 15 is 0 Å². The molecule has 0 spiro atoms. The van der Waals surface area contributed by atoms with Gasteiger partial charge in [0.1, 0.15) is 17.7 Å². The summed E-state index contributed by atoms with van der Waals surface area (Å²) in [5.74, 6) is 0.0453. The van der Waals surface area contributed by atoms with Gasteiger partial charge < -0.3 is 10.1 Å². The third-order valence-corrected chi connectivity index (χ3v) is 6.87. The molecule has 0 radical (unpaired) electrons. The van der Waals surface area contributed by atoms with Gasteiger partial charge in [0.25, 0.3) is 0 Å². The highest BCUT2D eigenvalue weighted by Gasteiger charge is 2.31. The van der Waals surface area contributed by atoms with E-state index in [0.717, 1.165) is 17.1 Å². The number of rotatable bonds is 6. The number of hydrogen-bond donors (Lipinski definition) is 1. The number of anilines is 2. The zero-order valence-electron chi connectivity index (χ0n) is 17.0. The predicted octanol–water partition coefficient (Wildman–Crippen LogP) is 3.57. The zero-order chi connectivity index (χ0) is 21.8. The molecule has 3 heterocycles. The van der Waals surface area contributed by atoms with E-state index < -0.39 is 21.9 Å². The lowest BCUT2D eigenvalue weighted by Crippen LogP contribution is -2.42. The van der Waals surface area contributed by atoms with Gasteiger partial charge in [-0.25, -0.2) is 17.8 Å². The van der Waals surface area contributed by atoms with Crippen molar-refractivity contribution in [1.82, 2.24) is 14.3 Å². The molecule has 0 aliphatic carbocycles. The quantitative estimate of drug-likeness (QED) is 0.628. The summed E-state index contributed by atoms with van der Waals surface area (Å²) >= 11 is 0. The Morgan fingerprint density at radius 3 is 2.81 bits per heavy atom. The molecule has 31 heavy (non-hydrogen) atoms. The third kappa shape index (κ3) is 5.25. The van der Waals surface area contributed by atoms with Gasteiger partial charge in [-0.05, 0) is 48.4 Å². The van der Waals surface area contributed by atoms with Gasteiger partial charge >= 0.3 is 0 Å². The van der Waals surface area contributed by atoms with Crippen LogP contribution in [0.1, 0.15) is 22.9 Å². The van der Waals surface area contributed by atoms with Gasteiger partial charge in [0.05, 0.1) is 29.9 Å². The highest BCUT2D eigenvalue weighted by Crippen LogP contribution is 2.25. The lowest BCUT2D eigenvalue weighted by Gasteiger charge is -2.32. The van der Waals surface area contributed by atoms with Gasteiger partial charge in [0.15, 0.2) is 0 Å². The van der Waals surface area contributed by atoms with Gasteiger partial charge in [-0.1, -0.05) is 18.2 Å². The van der Waals surface area contributed by atoms with Crippen LogP contribution in [0.2, 0.25) is 0 Å². The monoisotopic (exact) mass is 442 g/mol. The smallest absolute Gasteiger partial charge is 0.218 e. The second kappa shape index (κ2) is 9.09. The lowest BCUT2D eigenvalue weighted by atomic mass is 10.2. The minimum absolute atomic E-state index is 0.163. The normalized spacial score (nSPS) is 17.4. The molecule has 4 rings (SSSR count). The average Bonchev–Trinajstić information content (AvgIpc) is 2.76. The summed E-state index contributed by atoms with van der Waals surface area (Å²) in [6.45, 7) is 2.65. The summed E-state index contributed by atoms with van der Waals surface area (Å²) in [6, 6.07) is 13.2. The molecule has 1 aliphatic heterocycles. The van der Waals surface area contributed by atoms with Crippen LogP contribution in [0.15, 0.2) is 60.9 Å². The molecule has 0 bridgehead atoms. The Kier molecular flexibility index (Phi) is 6.26. The van der Waals surface area contributed by atoms with Crippen molar-refractivity contribution in [2.75, 3.05) is 25.0 Å². The second-order valence-corrected chi connectivity index (χ2v) is 9.34. The Morgan fingerprint density at radius 1 is 1.19 bits per heavy atom. The van der Waals surface area contributed by atoms with Crippen molar-refractivity contribution >= 4 is 21.5 Å². The Balaban J connectivity index is 1.44. The summed E-state index contributed by atoms with van der Waals surface area (Å²) in [7, 11) is -3.61. The van der Waals surface area contributed by atoms with Crippen LogP contribution >= 0.6 is 0 Å². The summed E-state index contributed by atoms with van der Waals surface area (Å²) in [4.78, 5) is 8.76. The first kappa shape index (κ1) is 21.4. The molecule has 0 saturated carbocycles. The van der Waals surface area contributed by atoms with Crippen LogP contribution in [-0.2, 0) is 20.5 Å². The fourth-order valence-electron chi connectivity index (χ4n) is 3.41. The fraction of sp³-hybridized carbons (Fsp3) is 0.273. The van der Waals surface area contributed by atoms with Crippen molar-refractivity contribution in [1.29, 1.82) is 0 Å². The fourth-order valence-corrected chi connectivity index (χ4v) is 4.91. The first-order chi connectivity index (χ1) is 14.9. The van der Waals surface area contributed by atoms with Crippen LogP contribution in [0.3, 0.4) is 0 Å². The molecule has 1 atom stereocenters. The van der Waals surface area contributed by atoms with Gasteiger partial charge in [0.2, 0.25) is 10.0 Å². The number of nitrogens with zero attached hydrogens (tertiary/aromatic N) is 3. The van der Waals surface area contributed by atoms with Crippen molar-refractivity contribution in [3.05, 3.63) is 83.6 Å². The topological polar surface area (TPSA) is 84.4 Å². The first-order valence-corrected chi connectivity index (χ1v) is 11.5. The van der Waals surface area contributed by atoms with Crippen LogP contribution in [0.5, 0.6) is 0 Å². The maximum Gasteiger partial charge on any atom is 0.218 e. The predicted molar refractivity (Wildman–Crippen MR) is 116 cm³/mol. The number of nitrogens with one attached hydrogen (secondary N) is 1. The minimum Gasteiger partial charge on any atom is -0.369 e. The van der Waals surface area contributed by atoms with Crippen molar-refractivity contribution in [3.63, 3.8) is 0 Å². The highest BCUT2D eigenvalue weighted by atomic mass is 32.2. The maximum absolute atomic E-state index is 13.4. The number of hydrogen-bond acceptors (Lipinski definition) is 6. The Bertz CT molecular complexity index is 1160. The number of pyridine rings is 2. The van der Waals surface area contributed by atoms with Gasteiger partial charge in [0, 0.05) is 19.3 Å². The zero-order valence-corrected chi connectivity index (χ0v) is 17.8. The number of morpholine rings is 1. The van der Waals surface area contributed by atoms with Crippen LogP contribution in [0.25, 0.3) is 0 Å². The summed E-state index contributed by atoms with van der Waals surface area (Å²) in [5, 5.41) is 3.22. The number of benzene rings is 1. The number of aromatic nitrogens is 2. The van der Waals surface area contributed by atoms with Crippen molar-refractivity contribution in [2.24, 2.45) is 0 Å². The van der Waals surface area contributed by atoms with E-state index in [2.05, 4.69) is 15.3 Å². The largest absolute Gasteiger partial charge is 0.369 e. The lowest BCUT2D eigenvalue weighted by molar-refractivity contribution is -0.00497. The molecule has 1 fully saturated rings. The molecule has 1 aromatic carbocycles. The molecule has 2 aromatic heterocycles. The minimum atomic E-state index is -3.61. The van der Waals surface area contributed by atoms with Crippen LogP contribution < -0.4 is 5.32 Å². The SMILES string of the molecule is Cc1cccnc1Nc1ccc(C2CN(S(=O)(=O)Cc3cccc(F)c3)CCO2)nc1. The standard InChI is InChI=1S/C22H23FN4O3S/c1-16-4-3-9-24-22(16)26-19-7-8-20(25-13-19)21-14-27(10-11-30-21)31(28,29)15-17-5-2-6-18(23)12-17/h2-9,12-13,21H,10-11,14-15H2,1H3,(H,24,26). The Morgan fingerprint density at radius 2 is 2.06 bits per heavy atom. The summed E-state index contributed by atoms with van der Waals surface area (Å²) < 4.78 is 46.3. The van der Waals surface area contributed by atoms with E-state index in [1.54, 1.807) is 18.5 Å². The molecular formula is C22H23FN4O3S. The van der Waals surface area contributed by atoms with E-state index in [-0.39, 0.29) is 25.4 Å². The number of halogens is 1. The van der Waals surface area contributed by atoms with Crippen molar-refractivity contribution < 1.29 is 17.5 Å².